The number of aryl methyl sites for hydroxylation is 1. The van der Waals surface area contributed by atoms with Crippen LogP contribution < -0.4 is 5.32 Å². The number of hydrogen-bond donors (Lipinski definition) is 3. The lowest BCUT2D eigenvalue weighted by Crippen LogP contribution is -2.03. The van der Waals surface area contributed by atoms with Gasteiger partial charge in [-0.05, 0) is 24.6 Å². The summed E-state index contributed by atoms with van der Waals surface area (Å²) < 4.78 is 9.08. The van der Waals surface area contributed by atoms with Crippen LogP contribution in [0.4, 0.5) is 11.5 Å². The van der Waals surface area contributed by atoms with Gasteiger partial charge in [0.25, 0.3) is 0 Å². The number of nitrogens with one attached hydrogen (secondary N) is 1. The molecule has 0 aliphatic heterocycles. The molecular weight excluding hydrogens is 318 g/mol. The molecule has 0 aliphatic carbocycles. The maximum Gasteiger partial charge on any atom is 0.335 e. The molecule has 3 rings (SSSR count). The Morgan fingerprint density at radius 1 is 1.26 bits per heavy atom. The highest BCUT2D eigenvalue weighted by atomic mass is 32.2. The van der Waals surface area contributed by atoms with Gasteiger partial charge >= 0.3 is 5.97 Å². The van der Waals surface area contributed by atoms with Crippen LogP contribution in [0, 0.1) is 6.92 Å². The highest BCUT2D eigenvalue weighted by Gasteiger charge is 2.11. The summed E-state index contributed by atoms with van der Waals surface area (Å²) in [6, 6.07) is 4.76. The Morgan fingerprint density at radius 2 is 2.09 bits per heavy atom. The van der Waals surface area contributed by atoms with Crippen molar-refractivity contribution in [2.75, 3.05) is 5.32 Å². The summed E-state index contributed by atoms with van der Waals surface area (Å²) in [6.07, 6.45) is 2.84. The van der Waals surface area contributed by atoms with Gasteiger partial charge in [0.15, 0.2) is 5.82 Å². The molecule has 0 radical (unpaired) electrons. The molecule has 0 saturated heterocycles. The van der Waals surface area contributed by atoms with Crippen LogP contribution in [0.25, 0.3) is 11.0 Å². The number of aromatic carboxylic acids is 1. The van der Waals surface area contributed by atoms with Crippen LogP contribution in [0.3, 0.4) is 0 Å². The van der Waals surface area contributed by atoms with Crippen LogP contribution in [0.2, 0.25) is 0 Å². The van der Waals surface area contributed by atoms with Crippen molar-refractivity contribution in [3.05, 3.63) is 41.9 Å². The minimum absolute atomic E-state index is 0.165. The molecule has 116 valence electrons. The third-order valence-electron chi connectivity index (χ3n) is 3.17. The predicted molar refractivity (Wildman–Crippen MR) is 85.0 cm³/mol. The monoisotopic (exact) mass is 329 g/mol. The van der Waals surface area contributed by atoms with E-state index in [0.29, 0.717) is 34.6 Å². The molecule has 2 aromatic heterocycles. The third kappa shape index (κ3) is 3.05. The van der Waals surface area contributed by atoms with Crippen molar-refractivity contribution in [3.8, 4) is 0 Å². The summed E-state index contributed by atoms with van der Waals surface area (Å²) in [5.74, 6) is -0.611. The molecule has 0 spiro atoms. The first kappa shape index (κ1) is 15.1. The molecular formula is C14H11N5O3S. The van der Waals surface area contributed by atoms with Gasteiger partial charge in [0.2, 0.25) is 5.16 Å². The Morgan fingerprint density at radius 3 is 2.83 bits per heavy atom. The number of aromatic nitrogens is 4. The van der Waals surface area contributed by atoms with Crippen molar-refractivity contribution in [2.45, 2.75) is 12.1 Å². The molecule has 3 aromatic rings. The number of benzene rings is 1. The Kier molecular flexibility index (Phi) is 4.04. The van der Waals surface area contributed by atoms with E-state index >= 15 is 0 Å². The summed E-state index contributed by atoms with van der Waals surface area (Å²) >= 11 is 0.425. The largest absolute Gasteiger partial charge is 0.478 e. The quantitative estimate of drug-likeness (QED) is 0.490. The van der Waals surface area contributed by atoms with Gasteiger partial charge in [-0.3, -0.25) is 0 Å². The number of carbonyl (C=O) groups is 1. The normalized spacial score (nSPS) is 10.7. The van der Waals surface area contributed by atoms with E-state index in [0.717, 1.165) is 5.56 Å². The average molecular weight is 329 g/mol. The first-order valence-corrected chi connectivity index (χ1v) is 7.26. The number of rotatable bonds is 4. The van der Waals surface area contributed by atoms with E-state index in [1.165, 1.54) is 24.7 Å². The highest BCUT2D eigenvalue weighted by Crippen LogP contribution is 2.25. The van der Waals surface area contributed by atoms with E-state index in [4.69, 9.17) is 9.66 Å². The van der Waals surface area contributed by atoms with Crippen LogP contribution in [0.15, 0.2) is 35.9 Å². The summed E-state index contributed by atoms with van der Waals surface area (Å²) in [5, 5.41) is 12.3. The van der Waals surface area contributed by atoms with Gasteiger partial charge in [0, 0.05) is 5.69 Å². The molecule has 0 fully saturated rings. The molecule has 0 bridgehead atoms. The van der Waals surface area contributed by atoms with E-state index in [2.05, 4.69) is 25.3 Å². The van der Waals surface area contributed by atoms with Gasteiger partial charge in [-0.2, -0.15) is 0 Å². The standard InChI is InChI=1S/C14H11N5O3S/c1-7-2-3-8(13(20)21)4-9(7)18-12-11-10(16-6-17-12)5-15-14(19-11)23-22/h2-6,22H,1H3,(H,20,21)(H,16,17,18). The second-order valence-electron chi connectivity index (χ2n) is 4.66. The van der Waals surface area contributed by atoms with E-state index in [1.54, 1.807) is 6.07 Å². The highest BCUT2D eigenvalue weighted by molar-refractivity contribution is 7.93. The molecule has 0 atom stereocenters. The van der Waals surface area contributed by atoms with Crippen molar-refractivity contribution >= 4 is 40.6 Å². The van der Waals surface area contributed by atoms with Crippen LogP contribution in [-0.4, -0.2) is 35.6 Å². The molecule has 0 saturated carbocycles. The van der Waals surface area contributed by atoms with Crippen LogP contribution >= 0.6 is 12.0 Å². The summed E-state index contributed by atoms with van der Waals surface area (Å²) in [4.78, 5) is 27.4. The first-order chi connectivity index (χ1) is 11.1. The van der Waals surface area contributed by atoms with Gasteiger partial charge < -0.3 is 15.0 Å². The maximum absolute atomic E-state index is 11.1. The topological polar surface area (TPSA) is 121 Å². The van der Waals surface area contributed by atoms with Crippen molar-refractivity contribution in [2.24, 2.45) is 0 Å². The van der Waals surface area contributed by atoms with Crippen molar-refractivity contribution < 1.29 is 14.5 Å². The van der Waals surface area contributed by atoms with E-state index in [1.807, 2.05) is 6.92 Å². The third-order valence-corrected chi connectivity index (χ3v) is 3.53. The molecule has 0 amide bonds. The molecule has 9 heteroatoms. The number of hydrogen-bond acceptors (Lipinski definition) is 8. The number of carboxylic acids is 1. The number of anilines is 2. The first-order valence-electron chi connectivity index (χ1n) is 6.48. The smallest absolute Gasteiger partial charge is 0.335 e. The lowest BCUT2D eigenvalue weighted by atomic mass is 10.1. The molecule has 23 heavy (non-hydrogen) atoms. The molecule has 2 heterocycles. The second-order valence-corrected chi connectivity index (χ2v) is 5.21. The maximum atomic E-state index is 11.1. The minimum atomic E-state index is -1.01. The zero-order valence-corrected chi connectivity index (χ0v) is 12.7. The van der Waals surface area contributed by atoms with Gasteiger partial charge in [-0.15, -0.1) is 0 Å². The number of carboxylic acid groups (broad SMARTS) is 1. The Labute approximate surface area is 134 Å². The fourth-order valence-electron chi connectivity index (χ4n) is 1.99. The van der Waals surface area contributed by atoms with E-state index in [9.17, 15) is 4.79 Å². The number of fused-ring (bicyclic) bond motifs is 1. The molecule has 0 aliphatic rings. The van der Waals surface area contributed by atoms with Crippen molar-refractivity contribution in [3.63, 3.8) is 0 Å². The zero-order chi connectivity index (χ0) is 16.4. The van der Waals surface area contributed by atoms with Crippen molar-refractivity contribution in [1.29, 1.82) is 0 Å². The SMILES string of the molecule is Cc1ccc(C(=O)O)cc1Nc1ncnc2cnc(SO)nc12. The van der Waals surface area contributed by atoms with Crippen LogP contribution in [0.5, 0.6) is 0 Å². The molecule has 0 unspecified atom stereocenters. The minimum Gasteiger partial charge on any atom is -0.478 e. The van der Waals surface area contributed by atoms with Crippen molar-refractivity contribution in [1.82, 2.24) is 19.9 Å². The lowest BCUT2D eigenvalue weighted by molar-refractivity contribution is 0.0697. The molecule has 8 nitrogen and oxygen atoms in total. The Balaban J connectivity index is 2.08. The van der Waals surface area contributed by atoms with Crippen LogP contribution in [0.1, 0.15) is 15.9 Å². The summed E-state index contributed by atoms with van der Waals surface area (Å²) in [6.45, 7) is 1.85. The molecule has 1 aromatic carbocycles. The van der Waals surface area contributed by atoms with Gasteiger partial charge in [-0.1, -0.05) is 6.07 Å². The second kappa shape index (κ2) is 6.15. The van der Waals surface area contributed by atoms with E-state index < -0.39 is 5.97 Å². The van der Waals surface area contributed by atoms with E-state index in [-0.39, 0.29) is 10.7 Å². The van der Waals surface area contributed by atoms with Crippen LogP contribution in [-0.2, 0) is 0 Å². The fraction of sp³-hybridized carbons (Fsp3) is 0.0714. The lowest BCUT2D eigenvalue weighted by Gasteiger charge is -2.11. The predicted octanol–water partition coefficient (Wildman–Crippen LogP) is 2.74. The molecule has 3 N–H and O–H groups in total. The fourth-order valence-corrected chi connectivity index (χ4v) is 2.22. The zero-order valence-electron chi connectivity index (χ0n) is 11.9. The summed E-state index contributed by atoms with van der Waals surface area (Å²) in [7, 11) is 0. The van der Waals surface area contributed by atoms with Gasteiger partial charge in [0.1, 0.15) is 17.4 Å². The van der Waals surface area contributed by atoms with Gasteiger partial charge in [0.05, 0.1) is 23.8 Å². The number of nitrogens with zero attached hydrogens (tertiary/aromatic N) is 4. The summed E-state index contributed by atoms with van der Waals surface area (Å²) in [5.41, 5.74) is 2.55. The van der Waals surface area contributed by atoms with Gasteiger partial charge in [-0.25, -0.2) is 24.7 Å². The Bertz CT molecular complexity index is 903. The average Bonchev–Trinajstić information content (AvgIpc) is 2.56. The Hall–Kier alpha value is -2.78.